The molecular formula is C11H13N3O5S. The first-order chi connectivity index (χ1) is 9.22. The van der Waals surface area contributed by atoms with Gasteiger partial charge in [-0.05, 0) is 13.8 Å². The Hall–Kier alpha value is -2.29. The van der Waals surface area contributed by atoms with E-state index in [1.165, 1.54) is 24.6 Å². The van der Waals surface area contributed by atoms with Crippen molar-refractivity contribution in [2.24, 2.45) is 7.05 Å². The number of anilines is 1. The minimum atomic E-state index is -4.09. The van der Waals surface area contributed by atoms with Crippen LogP contribution in [-0.4, -0.2) is 29.3 Å². The zero-order chi connectivity index (χ0) is 15.1. The van der Waals surface area contributed by atoms with E-state index in [2.05, 4.69) is 9.82 Å². The number of hydrogen-bond acceptors (Lipinski definition) is 5. The van der Waals surface area contributed by atoms with Crippen molar-refractivity contribution in [1.82, 2.24) is 9.78 Å². The maximum absolute atomic E-state index is 12.3. The van der Waals surface area contributed by atoms with Crippen molar-refractivity contribution in [2.75, 3.05) is 4.72 Å². The van der Waals surface area contributed by atoms with E-state index in [1.54, 1.807) is 13.2 Å². The maximum atomic E-state index is 12.3. The van der Waals surface area contributed by atoms with Gasteiger partial charge < -0.3 is 9.52 Å². The van der Waals surface area contributed by atoms with Gasteiger partial charge in [0.2, 0.25) is 0 Å². The molecule has 8 nitrogen and oxygen atoms in total. The Morgan fingerprint density at radius 2 is 2.05 bits per heavy atom. The molecule has 9 heteroatoms. The van der Waals surface area contributed by atoms with Gasteiger partial charge in [0.05, 0.1) is 0 Å². The van der Waals surface area contributed by atoms with Crippen LogP contribution >= 0.6 is 0 Å². The Balaban J connectivity index is 2.52. The lowest BCUT2D eigenvalue weighted by atomic mass is 10.2. The molecule has 2 rings (SSSR count). The highest BCUT2D eigenvalue weighted by Gasteiger charge is 2.31. The first kappa shape index (κ1) is 14.1. The highest BCUT2D eigenvalue weighted by molar-refractivity contribution is 7.92. The standard InChI is InChI=1S/C11H13N3O5S/c1-6-9(11(15)16)10(7(2)19-6)20(17,18)13-8-4-5-14(3)12-8/h4-5H,1-3H3,(H,12,13)(H,15,16). The number of aryl methyl sites for hydroxylation is 3. The minimum absolute atomic E-state index is 0.0170. The van der Waals surface area contributed by atoms with E-state index >= 15 is 0 Å². The SMILES string of the molecule is Cc1oc(C)c(S(=O)(=O)Nc2ccn(C)n2)c1C(=O)O. The number of carboxylic acid groups (broad SMARTS) is 1. The number of carbonyl (C=O) groups is 1. The summed E-state index contributed by atoms with van der Waals surface area (Å²) in [6.45, 7) is 2.79. The monoisotopic (exact) mass is 299 g/mol. The van der Waals surface area contributed by atoms with E-state index in [1.807, 2.05) is 0 Å². The second-order valence-corrected chi connectivity index (χ2v) is 5.82. The van der Waals surface area contributed by atoms with Crippen molar-refractivity contribution in [3.05, 3.63) is 29.3 Å². The molecule has 0 saturated carbocycles. The largest absolute Gasteiger partial charge is 0.478 e. The molecule has 0 atom stereocenters. The van der Waals surface area contributed by atoms with Crippen LogP contribution in [-0.2, 0) is 17.1 Å². The third-order valence-electron chi connectivity index (χ3n) is 2.64. The third-order valence-corrected chi connectivity index (χ3v) is 4.15. The van der Waals surface area contributed by atoms with Crippen LogP contribution in [0.15, 0.2) is 21.6 Å². The molecule has 0 amide bonds. The first-order valence-electron chi connectivity index (χ1n) is 5.58. The van der Waals surface area contributed by atoms with Crippen molar-refractivity contribution in [2.45, 2.75) is 18.7 Å². The molecule has 0 aliphatic carbocycles. The van der Waals surface area contributed by atoms with Gasteiger partial charge in [-0.2, -0.15) is 5.10 Å². The fourth-order valence-corrected chi connectivity index (χ4v) is 3.30. The van der Waals surface area contributed by atoms with Crippen molar-refractivity contribution in [3.8, 4) is 0 Å². The van der Waals surface area contributed by atoms with Crippen LogP contribution in [0.4, 0.5) is 5.82 Å². The van der Waals surface area contributed by atoms with E-state index in [9.17, 15) is 13.2 Å². The summed E-state index contributed by atoms with van der Waals surface area (Å²) >= 11 is 0. The molecule has 0 bridgehead atoms. The first-order valence-corrected chi connectivity index (χ1v) is 7.06. The van der Waals surface area contributed by atoms with Crippen LogP contribution in [0.25, 0.3) is 0 Å². The molecule has 0 unspecified atom stereocenters. The Morgan fingerprint density at radius 1 is 1.40 bits per heavy atom. The lowest BCUT2D eigenvalue weighted by molar-refractivity contribution is 0.0691. The Morgan fingerprint density at radius 3 is 2.55 bits per heavy atom. The lowest BCUT2D eigenvalue weighted by Crippen LogP contribution is -2.17. The molecule has 2 aromatic rings. The summed E-state index contributed by atoms with van der Waals surface area (Å²) in [5, 5.41) is 13.0. The average molecular weight is 299 g/mol. The molecule has 108 valence electrons. The number of rotatable bonds is 4. The van der Waals surface area contributed by atoms with Gasteiger partial charge >= 0.3 is 5.97 Å². The second-order valence-electron chi connectivity index (χ2n) is 4.20. The van der Waals surface area contributed by atoms with Crippen LogP contribution in [0.3, 0.4) is 0 Å². The molecule has 0 aromatic carbocycles. The molecule has 20 heavy (non-hydrogen) atoms. The third kappa shape index (κ3) is 2.39. The summed E-state index contributed by atoms with van der Waals surface area (Å²) in [5.74, 6) is -1.21. The predicted molar refractivity (Wildman–Crippen MR) is 69.2 cm³/mol. The summed E-state index contributed by atoms with van der Waals surface area (Å²) in [4.78, 5) is 10.8. The summed E-state index contributed by atoms with van der Waals surface area (Å²) in [6.07, 6.45) is 1.56. The van der Waals surface area contributed by atoms with Gasteiger partial charge in [0.15, 0.2) is 5.82 Å². The molecule has 0 aliphatic rings. The van der Waals surface area contributed by atoms with Gasteiger partial charge in [0, 0.05) is 19.3 Å². The summed E-state index contributed by atoms with van der Waals surface area (Å²) in [5.41, 5.74) is -0.370. The van der Waals surface area contributed by atoms with Gasteiger partial charge in [-0.3, -0.25) is 9.40 Å². The molecule has 0 radical (unpaired) electrons. The summed E-state index contributed by atoms with van der Waals surface area (Å²) < 4.78 is 33.3. The molecule has 0 saturated heterocycles. The lowest BCUT2D eigenvalue weighted by Gasteiger charge is -2.05. The topological polar surface area (TPSA) is 114 Å². The van der Waals surface area contributed by atoms with Gasteiger partial charge in [0.1, 0.15) is 22.0 Å². The molecule has 2 N–H and O–H groups in total. The van der Waals surface area contributed by atoms with Crippen LogP contribution < -0.4 is 4.72 Å². The number of nitrogens with one attached hydrogen (secondary N) is 1. The second kappa shape index (κ2) is 4.67. The number of sulfonamides is 1. The number of hydrogen-bond donors (Lipinski definition) is 2. The normalized spacial score (nSPS) is 11.6. The van der Waals surface area contributed by atoms with Gasteiger partial charge in [0.25, 0.3) is 10.0 Å². The van der Waals surface area contributed by atoms with Crippen LogP contribution in [0, 0.1) is 13.8 Å². The number of carboxylic acids is 1. The Kier molecular flexibility index (Phi) is 3.30. The minimum Gasteiger partial charge on any atom is -0.478 e. The summed E-state index contributed by atoms with van der Waals surface area (Å²) in [7, 11) is -2.45. The summed E-state index contributed by atoms with van der Waals surface area (Å²) in [6, 6.07) is 1.46. The number of nitrogens with zero attached hydrogens (tertiary/aromatic N) is 2. The Labute approximate surface area is 115 Å². The zero-order valence-electron chi connectivity index (χ0n) is 11.0. The molecule has 0 fully saturated rings. The molecule has 0 spiro atoms. The van der Waals surface area contributed by atoms with Crippen molar-refractivity contribution >= 4 is 21.8 Å². The number of furan rings is 1. The molecule has 2 aromatic heterocycles. The zero-order valence-corrected chi connectivity index (χ0v) is 11.9. The maximum Gasteiger partial charge on any atom is 0.340 e. The van der Waals surface area contributed by atoms with Crippen molar-refractivity contribution in [1.29, 1.82) is 0 Å². The van der Waals surface area contributed by atoms with Crippen LogP contribution in [0.1, 0.15) is 21.9 Å². The fraction of sp³-hybridized carbons (Fsp3) is 0.273. The predicted octanol–water partition coefficient (Wildman–Crippen LogP) is 1.13. The quantitative estimate of drug-likeness (QED) is 0.874. The van der Waals surface area contributed by atoms with E-state index in [4.69, 9.17) is 9.52 Å². The van der Waals surface area contributed by atoms with Gasteiger partial charge in [-0.1, -0.05) is 0 Å². The smallest absolute Gasteiger partial charge is 0.340 e. The van der Waals surface area contributed by atoms with Crippen molar-refractivity contribution < 1.29 is 22.7 Å². The molecule has 2 heterocycles. The van der Waals surface area contributed by atoms with E-state index in [0.29, 0.717) is 0 Å². The highest BCUT2D eigenvalue weighted by Crippen LogP contribution is 2.27. The van der Waals surface area contributed by atoms with Crippen LogP contribution in [0.5, 0.6) is 0 Å². The average Bonchev–Trinajstić information content (AvgIpc) is 2.81. The highest BCUT2D eigenvalue weighted by atomic mass is 32.2. The van der Waals surface area contributed by atoms with Gasteiger partial charge in [-0.15, -0.1) is 0 Å². The molecule has 0 aliphatic heterocycles. The van der Waals surface area contributed by atoms with E-state index in [-0.39, 0.29) is 27.8 Å². The van der Waals surface area contributed by atoms with Gasteiger partial charge in [-0.25, -0.2) is 13.2 Å². The molecular weight excluding hydrogens is 286 g/mol. The van der Waals surface area contributed by atoms with E-state index < -0.39 is 16.0 Å². The van der Waals surface area contributed by atoms with E-state index in [0.717, 1.165) is 0 Å². The Bertz CT molecular complexity index is 772. The van der Waals surface area contributed by atoms with Crippen LogP contribution in [0.2, 0.25) is 0 Å². The number of aromatic carboxylic acids is 1. The number of aromatic nitrogens is 2. The van der Waals surface area contributed by atoms with Crippen molar-refractivity contribution in [3.63, 3.8) is 0 Å². The fourth-order valence-electron chi connectivity index (χ4n) is 1.89.